The van der Waals surface area contributed by atoms with Gasteiger partial charge in [-0.05, 0) is 71.6 Å². The van der Waals surface area contributed by atoms with Crippen molar-refractivity contribution in [2.75, 3.05) is 26.7 Å². The highest BCUT2D eigenvalue weighted by molar-refractivity contribution is 5.79. The molecule has 0 aromatic rings. The molecule has 0 radical (unpaired) electrons. The molecule has 5 nitrogen and oxygen atoms in total. The fourth-order valence-corrected chi connectivity index (χ4v) is 3.77. The standard InChI is InChI=1S/C19H34N2O3/c1-19(2,3)24-18(23)20(4)14-15-8-10-16(11-9-15)17(22)21-12-6-5-7-13-21/h15-16H,5-14H2,1-4H3/t15-,16-. The van der Waals surface area contributed by atoms with Crippen LogP contribution in [-0.4, -0.2) is 54.1 Å². The normalized spacial score (nSPS) is 25.2. The van der Waals surface area contributed by atoms with E-state index in [1.165, 1.54) is 6.42 Å². The Kier molecular flexibility index (Phi) is 6.53. The molecule has 138 valence electrons. The number of likely N-dealkylation sites (tertiary alicyclic amines) is 1. The van der Waals surface area contributed by atoms with Crippen LogP contribution in [0.25, 0.3) is 0 Å². The van der Waals surface area contributed by atoms with E-state index in [0.29, 0.717) is 11.8 Å². The van der Waals surface area contributed by atoms with Crippen LogP contribution in [0, 0.1) is 11.8 Å². The van der Waals surface area contributed by atoms with Crippen LogP contribution in [0.4, 0.5) is 4.79 Å². The van der Waals surface area contributed by atoms with Gasteiger partial charge in [0.05, 0.1) is 0 Å². The Hall–Kier alpha value is -1.26. The highest BCUT2D eigenvalue weighted by atomic mass is 16.6. The van der Waals surface area contributed by atoms with Crippen molar-refractivity contribution < 1.29 is 14.3 Å². The number of piperidine rings is 1. The molecule has 0 spiro atoms. The van der Waals surface area contributed by atoms with Crippen molar-refractivity contribution in [1.82, 2.24) is 9.80 Å². The molecule has 0 bridgehead atoms. The zero-order valence-corrected chi connectivity index (χ0v) is 15.8. The molecule has 5 heteroatoms. The van der Waals surface area contributed by atoms with Gasteiger partial charge in [-0.3, -0.25) is 4.79 Å². The first-order chi connectivity index (χ1) is 11.3. The van der Waals surface area contributed by atoms with Gasteiger partial charge in [0.15, 0.2) is 0 Å². The largest absolute Gasteiger partial charge is 0.444 e. The van der Waals surface area contributed by atoms with Gasteiger partial charge in [-0.15, -0.1) is 0 Å². The molecule has 0 aromatic carbocycles. The summed E-state index contributed by atoms with van der Waals surface area (Å²) in [5.74, 6) is 1.05. The third-order valence-corrected chi connectivity index (χ3v) is 5.10. The summed E-state index contributed by atoms with van der Waals surface area (Å²) in [7, 11) is 1.80. The van der Waals surface area contributed by atoms with Gasteiger partial charge >= 0.3 is 6.09 Å². The van der Waals surface area contributed by atoms with Gasteiger partial charge in [-0.25, -0.2) is 4.79 Å². The first kappa shape index (κ1) is 19.1. The maximum atomic E-state index is 12.6. The quantitative estimate of drug-likeness (QED) is 0.789. The molecular formula is C19H34N2O3. The van der Waals surface area contributed by atoms with Crippen LogP contribution < -0.4 is 0 Å². The van der Waals surface area contributed by atoms with Crippen molar-refractivity contribution in [3.05, 3.63) is 0 Å². The van der Waals surface area contributed by atoms with Crippen LogP contribution >= 0.6 is 0 Å². The van der Waals surface area contributed by atoms with E-state index >= 15 is 0 Å². The summed E-state index contributed by atoms with van der Waals surface area (Å²) in [6, 6.07) is 0. The number of carbonyl (C=O) groups excluding carboxylic acids is 2. The van der Waals surface area contributed by atoms with E-state index < -0.39 is 5.60 Å². The second kappa shape index (κ2) is 8.21. The minimum atomic E-state index is -0.454. The van der Waals surface area contributed by atoms with Crippen LogP contribution in [0.15, 0.2) is 0 Å². The zero-order chi connectivity index (χ0) is 17.7. The molecule has 0 atom stereocenters. The smallest absolute Gasteiger partial charge is 0.410 e. The van der Waals surface area contributed by atoms with Crippen LogP contribution in [0.5, 0.6) is 0 Å². The van der Waals surface area contributed by atoms with Crippen molar-refractivity contribution >= 4 is 12.0 Å². The number of ether oxygens (including phenoxy) is 1. The first-order valence-electron chi connectivity index (χ1n) is 9.49. The van der Waals surface area contributed by atoms with E-state index in [1.54, 1.807) is 11.9 Å². The van der Waals surface area contributed by atoms with Crippen molar-refractivity contribution in [2.45, 2.75) is 71.3 Å². The molecule has 1 saturated heterocycles. The van der Waals surface area contributed by atoms with Crippen molar-refractivity contribution in [2.24, 2.45) is 11.8 Å². The molecular weight excluding hydrogens is 304 g/mol. The molecule has 2 amide bonds. The molecule has 2 rings (SSSR count). The molecule has 0 unspecified atom stereocenters. The summed E-state index contributed by atoms with van der Waals surface area (Å²) >= 11 is 0. The van der Waals surface area contributed by atoms with Crippen molar-refractivity contribution in [3.8, 4) is 0 Å². The molecule has 0 aromatic heterocycles. The summed E-state index contributed by atoms with van der Waals surface area (Å²) in [5, 5.41) is 0. The van der Waals surface area contributed by atoms with E-state index in [2.05, 4.69) is 4.90 Å². The van der Waals surface area contributed by atoms with Gasteiger partial charge in [0.2, 0.25) is 5.91 Å². The van der Waals surface area contributed by atoms with Gasteiger partial charge in [0.1, 0.15) is 5.60 Å². The maximum Gasteiger partial charge on any atom is 0.410 e. The average Bonchev–Trinajstić information content (AvgIpc) is 2.54. The lowest BCUT2D eigenvalue weighted by atomic mass is 9.81. The molecule has 2 fully saturated rings. The molecule has 0 N–H and O–H groups in total. The third-order valence-electron chi connectivity index (χ3n) is 5.10. The molecule has 1 heterocycles. The molecule has 1 aliphatic carbocycles. The number of carbonyl (C=O) groups is 2. The number of amides is 2. The SMILES string of the molecule is CN(C[C@H]1CC[C@H](C(=O)N2CCCCC2)CC1)C(=O)OC(C)(C)C. The van der Waals surface area contributed by atoms with Gasteiger partial charge in [-0.1, -0.05) is 0 Å². The predicted octanol–water partition coefficient (Wildman–Crippen LogP) is 3.67. The van der Waals surface area contributed by atoms with Gasteiger partial charge in [-0.2, -0.15) is 0 Å². The number of nitrogens with zero attached hydrogens (tertiary/aromatic N) is 2. The monoisotopic (exact) mass is 338 g/mol. The summed E-state index contributed by atoms with van der Waals surface area (Å²) in [6.45, 7) is 8.27. The van der Waals surface area contributed by atoms with E-state index in [4.69, 9.17) is 4.74 Å². The minimum absolute atomic E-state index is 0.200. The lowest BCUT2D eigenvalue weighted by molar-refractivity contribution is -0.137. The Morgan fingerprint density at radius 1 is 1.04 bits per heavy atom. The van der Waals surface area contributed by atoms with Gasteiger partial charge < -0.3 is 14.5 Å². The first-order valence-corrected chi connectivity index (χ1v) is 9.49. The highest BCUT2D eigenvalue weighted by Crippen LogP contribution is 2.31. The summed E-state index contributed by atoms with van der Waals surface area (Å²) in [6.07, 6.45) is 7.28. The lowest BCUT2D eigenvalue weighted by Crippen LogP contribution is -2.42. The predicted molar refractivity (Wildman–Crippen MR) is 94.7 cm³/mol. The Balaban J connectivity index is 1.74. The number of rotatable bonds is 3. The maximum absolute atomic E-state index is 12.6. The van der Waals surface area contributed by atoms with E-state index in [-0.39, 0.29) is 12.0 Å². The Bertz CT molecular complexity index is 430. The summed E-state index contributed by atoms with van der Waals surface area (Å²) < 4.78 is 5.41. The number of hydrogen-bond donors (Lipinski definition) is 0. The molecule has 1 saturated carbocycles. The minimum Gasteiger partial charge on any atom is -0.444 e. The van der Waals surface area contributed by atoms with Gasteiger partial charge in [0, 0.05) is 32.6 Å². The Labute approximate surface area is 146 Å². The third kappa shape index (κ3) is 5.67. The van der Waals surface area contributed by atoms with Crippen LogP contribution in [0.1, 0.15) is 65.7 Å². The number of hydrogen-bond acceptors (Lipinski definition) is 3. The van der Waals surface area contributed by atoms with E-state index in [9.17, 15) is 9.59 Å². The fourth-order valence-electron chi connectivity index (χ4n) is 3.77. The average molecular weight is 338 g/mol. The highest BCUT2D eigenvalue weighted by Gasteiger charge is 2.31. The van der Waals surface area contributed by atoms with E-state index in [0.717, 1.165) is 58.2 Å². The fraction of sp³-hybridized carbons (Fsp3) is 0.895. The molecule has 2 aliphatic rings. The zero-order valence-electron chi connectivity index (χ0n) is 15.8. The second-order valence-electron chi connectivity index (χ2n) is 8.46. The Morgan fingerprint density at radius 2 is 1.62 bits per heavy atom. The van der Waals surface area contributed by atoms with Crippen molar-refractivity contribution in [3.63, 3.8) is 0 Å². The topological polar surface area (TPSA) is 49.9 Å². The van der Waals surface area contributed by atoms with Crippen LogP contribution in [0.2, 0.25) is 0 Å². The summed E-state index contributed by atoms with van der Waals surface area (Å²) in [5.41, 5.74) is -0.454. The van der Waals surface area contributed by atoms with Crippen molar-refractivity contribution in [1.29, 1.82) is 0 Å². The molecule has 24 heavy (non-hydrogen) atoms. The molecule has 1 aliphatic heterocycles. The Morgan fingerprint density at radius 3 is 2.17 bits per heavy atom. The van der Waals surface area contributed by atoms with Crippen LogP contribution in [-0.2, 0) is 9.53 Å². The van der Waals surface area contributed by atoms with Gasteiger partial charge in [0.25, 0.3) is 0 Å². The lowest BCUT2D eigenvalue weighted by Gasteiger charge is -2.35. The summed E-state index contributed by atoms with van der Waals surface area (Å²) in [4.78, 5) is 28.4. The van der Waals surface area contributed by atoms with E-state index in [1.807, 2.05) is 20.8 Å². The van der Waals surface area contributed by atoms with Crippen LogP contribution in [0.3, 0.4) is 0 Å². The second-order valence-corrected chi connectivity index (χ2v) is 8.46.